The summed E-state index contributed by atoms with van der Waals surface area (Å²) in [5.41, 5.74) is 3.82. The third-order valence-corrected chi connectivity index (χ3v) is 6.99. The average Bonchev–Trinajstić information content (AvgIpc) is 2.88. The maximum atomic E-state index is 15.7. The largest absolute Gasteiger partial charge is 0.462 e. The fourth-order valence-electron chi connectivity index (χ4n) is 4.64. The maximum Gasteiger partial charge on any atom is 0.343 e. The molecule has 2 N–H and O–H groups in total. The van der Waals surface area contributed by atoms with E-state index >= 15 is 8.78 Å². The molecule has 1 aromatic carbocycles. The number of pyridine rings is 2. The fraction of sp³-hybridized carbons (Fsp3) is 0.407. The van der Waals surface area contributed by atoms with Gasteiger partial charge < -0.3 is 20.1 Å². The van der Waals surface area contributed by atoms with Gasteiger partial charge in [0.2, 0.25) is 5.43 Å². The van der Waals surface area contributed by atoms with Gasteiger partial charge in [-0.1, -0.05) is 38.8 Å². The van der Waals surface area contributed by atoms with Crippen LogP contribution >= 0.6 is 11.6 Å². The third-order valence-electron chi connectivity index (χ3n) is 6.63. The summed E-state index contributed by atoms with van der Waals surface area (Å²) >= 11 is 6.75. The summed E-state index contributed by atoms with van der Waals surface area (Å²) in [7, 11) is 0. The first kappa shape index (κ1) is 29.2. The normalized spacial score (nSPS) is 16.8. The lowest BCUT2D eigenvalue weighted by molar-refractivity contribution is -0.156. The lowest BCUT2D eigenvalue weighted by Crippen LogP contribution is -2.62. The van der Waals surface area contributed by atoms with Gasteiger partial charge in [-0.25, -0.2) is 22.9 Å². The Hall–Kier alpha value is -3.80. The minimum atomic E-state index is -1.18. The van der Waals surface area contributed by atoms with E-state index in [2.05, 4.69) is 4.98 Å². The van der Waals surface area contributed by atoms with Gasteiger partial charge in [-0.2, -0.15) is 0 Å². The molecule has 2 atom stereocenters. The molecule has 0 aliphatic carbocycles. The van der Waals surface area contributed by atoms with Gasteiger partial charge in [-0.05, 0) is 19.4 Å². The van der Waals surface area contributed by atoms with Crippen LogP contribution in [0.3, 0.4) is 0 Å². The third kappa shape index (κ3) is 5.07. The molecule has 1 fully saturated rings. The van der Waals surface area contributed by atoms with Gasteiger partial charge in [0, 0.05) is 12.3 Å². The van der Waals surface area contributed by atoms with E-state index in [1.165, 1.54) is 6.92 Å². The molecule has 9 nitrogen and oxygen atoms in total. The van der Waals surface area contributed by atoms with Crippen molar-refractivity contribution in [2.45, 2.75) is 52.7 Å². The number of esters is 2. The molecule has 2 aromatic heterocycles. The molecule has 3 aromatic rings. The van der Waals surface area contributed by atoms with Crippen LogP contribution < -0.4 is 16.1 Å². The number of carbonyl (C=O) groups is 2. The van der Waals surface area contributed by atoms with E-state index in [-0.39, 0.29) is 40.7 Å². The smallest absolute Gasteiger partial charge is 0.343 e. The van der Waals surface area contributed by atoms with Crippen molar-refractivity contribution in [1.29, 1.82) is 0 Å². The van der Waals surface area contributed by atoms with Gasteiger partial charge in [-0.3, -0.25) is 14.2 Å². The van der Waals surface area contributed by atoms with E-state index in [0.29, 0.717) is 18.9 Å². The number of fused-ring (bicyclic) bond motifs is 1. The zero-order chi connectivity index (χ0) is 29.5. The predicted molar refractivity (Wildman–Crippen MR) is 143 cm³/mol. The van der Waals surface area contributed by atoms with Gasteiger partial charge in [0.15, 0.2) is 23.3 Å². The SMILES string of the molecule is CCC[C@@H]1C(OC(=O)C(C)C)CN1c1c(F)cc2c(=O)c(C(=O)OCC)cn(-c3nc(N)c(F)cc3F)c2c1Cl. The number of nitrogens with zero attached hydrogens (tertiary/aromatic N) is 3. The van der Waals surface area contributed by atoms with Crippen molar-refractivity contribution in [3.05, 3.63) is 56.6 Å². The maximum absolute atomic E-state index is 15.7. The summed E-state index contributed by atoms with van der Waals surface area (Å²) in [4.78, 5) is 43.4. The molecule has 1 saturated heterocycles. The van der Waals surface area contributed by atoms with Gasteiger partial charge in [0.1, 0.15) is 17.5 Å². The quantitative estimate of drug-likeness (QED) is 0.379. The first-order chi connectivity index (χ1) is 18.9. The summed E-state index contributed by atoms with van der Waals surface area (Å²) in [5, 5.41) is -0.655. The molecule has 0 spiro atoms. The number of ether oxygens (including phenoxy) is 2. The van der Waals surface area contributed by atoms with E-state index in [4.69, 9.17) is 26.8 Å². The summed E-state index contributed by atoms with van der Waals surface area (Å²) in [6.07, 6.45) is 1.64. The zero-order valence-electron chi connectivity index (χ0n) is 22.3. The molecular weight excluding hydrogens is 553 g/mol. The molecule has 1 aliphatic rings. The molecule has 214 valence electrons. The number of hydrogen-bond donors (Lipinski definition) is 1. The summed E-state index contributed by atoms with van der Waals surface area (Å²) < 4.78 is 56.2. The average molecular weight is 581 g/mol. The van der Waals surface area contributed by atoms with Crippen LogP contribution in [0.2, 0.25) is 5.02 Å². The van der Waals surface area contributed by atoms with Crippen molar-refractivity contribution in [3.8, 4) is 5.82 Å². The molecule has 3 heterocycles. The van der Waals surface area contributed by atoms with Crippen molar-refractivity contribution >= 4 is 45.9 Å². The molecular formula is C27H28ClF3N4O5. The Balaban J connectivity index is 1.97. The molecule has 0 amide bonds. The lowest BCUT2D eigenvalue weighted by Gasteiger charge is -2.49. The minimum absolute atomic E-state index is 0.0726. The van der Waals surface area contributed by atoms with E-state index in [0.717, 1.165) is 16.8 Å². The van der Waals surface area contributed by atoms with E-state index in [1.54, 1.807) is 18.7 Å². The van der Waals surface area contributed by atoms with Crippen molar-refractivity contribution in [3.63, 3.8) is 0 Å². The molecule has 0 bridgehead atoms. The van der Waals surface area contributed by atoms with Crippen LogP contribution in [0.4, 0.5) is 24.7 Å². The number of rotatable bonds is 8. The van der Waals surface area contributed by atoms with Crippen molar-refractivity contribution in [2.24, 2.45) is 5.92 Å². The highest BCUT2D eigenvalue weighted by Crippen LogP contribution is 2.42. The standard InChI is InChI=1S/C27H28ClF3N4O5/c1-5-7-18-19(40-26(37)12(3)4)11-34(18)22-15(29)8-13-21(20(22)28)35(10-14(23(13)36)27(38)39-6-2)25-17(31)9-16(30)24(32)33-25/h8-10,12,18-19H,5-7,11H2,1-4H3,(H2,32,33)/t18-,19?/m1/s1. The van der Waals surface area contributed by atoms with Crippen LogP contribution in [0.25, 0.3) is 16.7 Å². The Bertz CT molecular complexity index is 1560. The first-order valence-electron chi connectivity index (χ1n) is 12.7. The predicted octanol–water partition coefficient (Wildman–Crippen LogP) is 4.77. The Morgan fingerprint density at radius 3 is 2.50 bits per heavy atom. The summed E-state index contributed by atoms with van der Waals surface area (Å²) in [6, 6.07) is 0.955. The second-order valence-electron chi connectivity index (χ2n) is 9.68. The zero-order valence-corrected chi connectivity index (χ0v) is 23.0. The van der Waals surface area contributed by atoms with Gasteiger partial charge in [-0.15, -0.1) is 0 Å². The van der Waals surface area contributed by atoms with E-state index < -0.39 is 64.2 Å². The van der Waals surface area contributed by atoms with Crippen LogP contribution in [-0.2, 0) is 14.3 Å². The summed E-state index contributed by atoms with van der Waals surface area (Å²) in [5.74, 6) is -6.21. The van der Waals surface area contributed by atoms with Crippen LogP contribution in [0, 0.1) is 23.4 Å². The number of hydrogen-bond acceptors (Lipinski definition) is 8. The molecule has 13 heteroatoms. The topological polar surface area (TPSA) is 117 Å². The minimum Gasteiger partial charge on any atom is -0.462 e. The van der Waals surface area contributed by atoms with Crippen molar-refractivity contribution in [2.75, 3.05) is 23.8 Å². The monoisotopic (exact) mass is 580 g/mol. The van der Waals surface area contributed by atoms with Crippen LogP contribution in [0.15, 0.2) is 23.1 Å². The fourth-order valence-corrected chi connectivity index (χ4v) is 5.03. The Morgan fingerprint density at radius 2 is 1.88 bits per heavy atom. The number of aromatic nitrogens is 2. The molecule has 1 aliphatic heterocycles. The van der Waals surface area contributed by atoms with Crippen molar-refractivity contribution in [1.82, 2.24) is 9.55 Å². The van der Waals surface area contributed by atoms with Crippen LogP contribution in [0.1, 0.15) is 50.9 Å². The highest BCUT2D eigenvalue weighted by molar-refractivity contribution is 6.38. The van der Waals surface area contributed by atoms with Gasteiger partial charge in [0.05, 0.1) is 46.7 Å². The lowest BCUT2D eigenvalue weighted by atomic mass is 9.93. The number of carbonyl (C=O) groups excluding carboxylic acids is 2. The Morgan fingerprint density at radius 1 is 1.18 bits per heavy atom. The molecule has 40 heavy (non-hydrogen) atoms. The highest BCUT2D eigenvalue weighted by Gasteiger charge is 2.44. The van der Waals surface area contributed by atoms with E-state index in [1.807, 2.05) is 6.92 Å². The number of nitrogens with two attached hydrogens (primary N) is 1. The Kier molecular flexibility index (Phi) is 8.29. The van der Waals surface area contributed by atoms with E-state index in [9.17, 15) is 18.8 Å². The van der Waals surface area contributed by atoms with Gasteiger partial charge in [0.25, 0.3) is 0 Å². The van der Waals surface area contributed by atoms with Gasteiger partial charge >= 0.3 is 11.9 Å². The number of halogens is 4. The molecule has 4 rings (SSSR count). The molecule has 1 unspecified atom stereocenters. The second-order valence-corrected chi connectivity index (χ2v) is 10.1. The second kappa shape index (κ2) is 11.4. The van der Waals surface area contributed by atoms with Crippen molar-refractivity contribution < 1.29 is 32.2 Å². The number of nitrogen functional groups attached to an aromatic ring is 1. The molecule has 0 saturated carbocycles. The summed E-state index contributed by atoms with van der Waals surface area (Å²) in [6.45, 7) is 6.88. The number of benzene rings is 1. The highest BCUT2D eigenvalue weighted by atomic mass is 35.5. The Labute approximate surface area is 232 Å². The first-order valence-corrected chi connectivity index (χ1v) is 13.1. The van der Waals surface area contributed by atoms with Crippen LogP contribution in [0.5, 0.6) is 0 Å². The van der Waals surface area contributed by atoms with Crippen LogP contribution in [-0.4, -0.2) is 46.8 Å². The number of anilines is 2. The molecule has 0 radical (unpaired) electrons.